The third kappa shape index (κ3) is 4.82. The summed E-state index contributed by atoms with van der Waals surface area (Å²) >= 11 is 0. The standard InChI is InChI=1S/C18H23N3O9S2/c19-15-1-2-17(32(25,26)30-21-5-9-28-10-6-21)14-11-13(12-16(22)18(14)15)31(23,24)29-20-3-7-27-8-4-20/h1-2,11-12,22H,3-10,19H2. The van der Waals surface area contributed by atoms with Crippen LogP contribution in [-0.2, 0) is 38.3 Å². The van der Waals surface area contributed by atoms with Gasteiger partial charge in [-0.25, -0.2) is 0 Å². The number of anilines is 1. The molecule has 12 nitrogen and oxygen atoms in total. The number of nitrogens with zero attached hydrogens (tertiary/aromatic N) is 2. The van der Waals surface area contributed by atoms with Crippen molar-refractivity contribution in [2.75, 3.05) is 58.3 Å². The van der Waals surface area contributed by atoms with Crippen LogP contribution in [0.2, 0.25) is 0 Å². The molecule has 0 spiro atoms. The molecule has 2 fully saturated rings. The van der Waals surface area contributed by atoms with Crippen LogP contribution in [0.5, 0.6) is 5.75 Å². The Kier molecular flexibility index (Phi) is 6.56. The Bertz CT molecular complexity index is 1210. The Morgan fingerprint density at radius 2 is 1.38 bits per heavy atom. The summed E-state index contributed by atoms with van der Waals surface area (Å²) in [5.41, 5.74) is 6.01. The van der Waals surface area contributed by atoms with Crippen molar-refractivity contribution >= 4 is 36.7 Å². The van der Waals surface area contributed by atoms with Crippen LogP contribution in [0.1, 0.15) is 0 Å². The van der Waals surface area contributed by atoms with Gasteiger partial charge in [0.25, 0.3) is 0 Å². The molecule has 3 N–H and O–H groups in total. The lowest BCUT2D eigenvalue weighted by Gasteiger charge is -2.25. The van der Waals surface area contributed by atoms with Crippen LogP contribution in [0.4, 0.5) is 5.69 Å². The summed E-state index contributed by atoms with van der Waals surface area (Å²) in [5, 5.41) is 12.9. The Labute approximate surface area is 185 Å². The van der Waals surface area contributed by atoms with Gasteiger partial charge in [0, 0.05) is 48.7 Å². The number of morpholine rings is 2. The molecule has 0 aliphatic carbocycles. The fraction of sp³-hybridized carbons (Fsp3) is 0.444. The number of fused-ring (bicyclic) bond motifs is 1. The second kappa shape index (κ2) is 9.07. The molecule has 14 heteroatoms. The van der Waals surface area contributed by atoms with Gasteiger partial charge in [-0.3, -0.25) is 0 Å². The molecular weight excluding hydrogens is 466 g/mol. The molecule has 4 rings (SSSR count). The van der Waals surface area contributed by atoms with Gasteiger partial charge in [0.1, 0.15) is 10.6 Å². The number of rotatable bonds is 6. The first-order valence-electron chi connectivity index (χ1n) is 9.77. The summed E-state index contributed by atoms with van der Waals surface area (Å²) in [7, 11) is -8.74. The van der Waals surface area contributed by atoms with Crippen molar-refractivity contribution in [2.24, 2.45) is 0 Å². The van der Waals surface area contributed by atoms with Crippen molar-refractivity contribution in [3.05, 3.63) is 24.3 Å². The summed E-state index contributed by atoms with van der Waals surface area (Å²) in [6.45, 7) is 2.17. The van der Waals surface area contributed by atoms with Gasteiger partial charge in [-0.05, 0) is 18.2 Å². The zero-order chi connectivity index (χ0) is 22.9. The van der Waals surface area contributed by atoms with E-state index in [1.165, 1.54) is 22.3 Å². The average Bonchev–Trinajstić information content (AvgIpc) is 2.74. The molecule has 0 saturated carbocycles. The highest BCUT2D eigenvalue weighted by molar-refractivity contribution is 7.87. The SMILES string of the molecule is Nc1ccc(S(=O)(=O)ON2CCOCC2)c2cc(S(=O)(=O)ON3CCOCC3)cc(O)c12. The van der Waals surface area contributed by atoms with Crippen molar-refractivity contribution in [1.82, 2.24) is 10.1 Å². The maximum atomic E-state index is 13.0. The fourth-order valence-corrected chi connectivity index (χ4v) is 5.61. The van der Waals surface area contributed by atoms with E-state index in [4.69, 9.17) is 23.8 Å². The quantitative estimate of drug-likeness (QED) is 0.525. The van der Waals surface area contributed by atoms with Crippen LogP contribution < -0.4 is 5.73 Å². The van der Waals surface area contributed by atoms with Gasteiger partial charge in [0.15, 0.2) is 0 Å². The molecule has 0 amide bonds. The molecule has 2 saturated heterocycles. The topological polar surface area (TPSA) is 158 Å². The Morgan fingerprint density at radius 3 is 1.94 bits per heavy atom. The van der Waals surface area contributed by atoms with E-state index in [0.29, 0.717) is 26.4 Å². The summed E-state index contributed by atoms with van der Waals surface area (Å²) in [6.07, 6.45) is 0. The van der Waals surface area contributed by atoms with Gasteiger partial charge in [0.05, 0.1) is 31.3 Å². The zero-order valence-corrected chi connectivity index (χ0v) is 18.6. The lowest BCUT2D eigenvalue weighted by Crippen LogP contribution is -2.38. The number of phenolic OH excluding ortho intramolecular Hbond substituents is 1. The first kappa shape index (κ1) is 23.1. The monoisotopic (exact) mass is 489 g/mol. The van der Waals surface area contributed by atoms with Crippen molar-refractivity contribution < 1.29 is 40.0 Å². The molecule has 32 heavy (non-hydrogen) atoms. The molecular formula is C18H23N3O9S2. The van der Waals surface area contributed by atoms with Crippen LogP contribution in [0.3, 0.4) is 0 Å². The summed E-state index contributed by atoms with van der Waals surface area (Å²) in [5.74, 6) is -0.507. The molecule has 2 aliphatic heterocycles. The number of hydrogen-bond acceptors (Lipinski definition) is 12. The number of hydrogen-bond donors (Lipinski definition) is 2. The minimum Gasteiger partial charge on any atom is -0.507 e. The van der Waals surface area contributed by atoms with E-state index in [0.717, 1.165) is 12.1 Å². The number of nitrogens with two attached hydrogens (primary N) is 1. The lowest BCUT2D eigenvalue weighted by molar-refractivity contribution is -0.113. The van der Waals surface area contributed by atoms with Crippen LogP contribution in [-0.4, -0.2) is 84.7 Å². The van der Waals surface area contributed by atoms with Crippen molar-refractivity contribution in [1.29, 1.82) is 0 Å². The van der Waals surface area contributed by atoms with E-state index in [1.807, 2.05) is 0 Å². The first-order valence-corrected chi connectivity index (χ1v) is 12.6. The van der Waals surface area contributed by atoms with Crippen LogP contribution in [0, 0.1) is 0 Å². The van der Waals surface area contributed by atoms with E-state index >= 15 is 0 Å². The van der Waals surface area contributed by atoms with E-state index in [1.54, 1.807) is 0 Å². The van der Waals surface area contributed by atoms with E-state index < -0.39 is 30.9 Å². The predicted molar refractivity (Wildman–Crippen MR) is 111 cm³/mol. The van der Waals surface area contributed by atoms with Gasteiger partial charge in [-0.15, -0.1) is 0 Å². The van der Waals surface area contributed by atoms with Gasteiger partial charge in [0.2, 0.25) is 0 Å². The maximum Gasteiger partial charge on any atom is 0.313 e. The highest BCUT2D eigenvalue weighted by atomic mass is 32.2. The normalized spacial score (nSPS) is 19.4. The minimum atomic E-state index is -4.37. The second-order valence-electron chi connectivity index (χ2n) is 7.16. The van der Waals surface area contributed by atoms with Crippen LogP contribution in [0.15, 0.2) is 34.1 Å². The number of phenols is 1. The molecule has 0 atom stereocenters. The summed E-state index contributed by atoms with van der Waals surface area (Å²) in [6, 6.07) is 4.56. The predicted octanol–water partition coefficient (Wildman–Crippen LogP) is 0.0326. The number of nitrogen functional groups attached to an aromatic ring is 1. The summed E-state index contributed by atoms with van der Waals surface area (Å²) in [4.78, 5) is -0.769. The van der Waals surface area contributed by atoms with E-state index in [9.17, 15) is 21.9 Å². The minimum absolute atomic E-state index is 0.0121. The fourth-order valence-electron chi connectivity index (χ4n) is 3.40. The summed E-state index contributed by atoms with van der Waals surface area (Å²) < 4.78 is 72.3. The molecule has 0 radical (unpaired) electrons. The molecule has 0 unspecified atom stereocenters. The molecule has 2 heterocycles. The second-order valence-corrected chi connectivity index (χ2v) is 10.2. The number of aromatic hydroxyl groups is 1. The van der Waals surface area contributed by atoms with Gasteiger partial charge in [-0.1, -0.05) is 0 Å². The van der Waals surface area contributed by atoms with Crippen molar-refractivity contribution in [3.8, 4) is 5.75 Å². The van der Waals surface area contributed by atoms with Gasteiger partial charge < -0.3 is 20.3 Å². The smallest absolute Gasteiger partial charge is 0.313 e. The average molecular weight is 490 g/mol. The van der Waals surface area contributed by atoms with E-state index in [-0.39, 0.29) is 47.5 Å². The molecule has 0 bridgehead atoms. The van der Waals surface area contributed by atoms with Crippen LogP contribution in [0.25, 0.3) is 10.8 Å². The highest BCUT2D eigenvalue weighted by Crippen LogP contribution is 2.38. The molecule has 2 aromatic carbocycles. The van der Waals surface area contributed by atoms with Crippen molar-refractivity contribution in [2.45, 2.75) is 9.79 Å². The third-order valence-corrected chi connectivity index (χ3v) is 7.49. The Morgan fingerprint density at radius 1 is 0.844 bits per heavy atom. The maximum absolute atomic E-state index is 13.0. The number of ether oxygens (including phenoxy) is 2. The van der Waals surface area contributed by atoms with Crippen LogP contribution >= 0.6 is 0 Å². The number of benzene rings is 2. The molecule has 2 aromatic rings. The van der Waals surface area contributed by atoms with E-state index in [2.05, 4.69) is 0 Å². The Balaban J connectivity index is 1.76. The lowest BCUT2D eigenvalue weighted by atomic mass is 10.1. The highest BCUT2D eigenvalue weighted by Gasteiger charge is 2.29. The number of hydroxylamine groups is 4. The first-order chi connectivity index (χ1) is 15.2. The largest absolute Gasteiger partial charge is 0.507 e. The molecule has 2 aliphatic rings. The van der Waals surface area contributed by atoms with Gasteiger partial charge >= 0.3 is 20.2 Å². The molecule has 176 valence electrons. The van der Waals surface area contributed by atoms with Gasteiger partial charge in [-0.2, -0.15) is 35.5 Å². The Hall–Kier alpha value is -2.04. The van der Waals surface area contributed by atoms with Crippen molar-refractivity contribution in [3.63, 3.8) is 0 Å². The molecule has 0 aromatic heterocycles. The zero-order valence-electron chi connectivity index (χ0n) is 17.0. The third-order valence-electron chi connectivity index (χ3n) is 4.96.